The molecule has 1 aliphatic heterocycles. The number of hydrogen-bond donors (Lipinski definition) is 1. The summed E-state index contributed by atoms with van der Waals surface area (Å²) < 4.78 is 0. The van der Waals surface area contributed by atoms with Crippen LogP contribution in [-0.2, 0) is 0 Å². The second-order valence-electron chi connectivity index (χ2n) is 5.29. The lowest BCUT2D eigenvalue weighted by Gasteiger charge is -2.21. The molecular weight excluding hydrogens is 208 g/mol. The molecule has 2 unspecified atom stereocenters. The van der Waals surface area contributed by atoms with E-state index in [2.05, 4.69) is 43.0 Å². The molecule has 1 aliphatic rings. The van der Waals surface area contributed by atoms with Crippen LogP contribution >= 0.6 is 0 Å². The van der Waals surface area contributed by atoms with E-state index in [1.54, 1.807) is 0 Å². The van der Waals surface area contributed by atoms with Gasteiger partial charge in [-0.05, 0) is 43.4 Å². The van der Waals surface area contributed by atoms with Gasteiger partial charge in [-0.25, -0.2) is 0 Å². The second kappa shape index (κ2) is 5.54. The van der Waals surface area contributed by atoms with Crippen LogP contribution in [0, 0.1) is 12.8 Å². The lowest BCUT2D eigenvalue weighted by atomic mass is 9.96. The topological polar surface area (TPSA) is 29.3 Å². The van der Waals surface area contributed by atoms with Gasteiger partial charge in [0.1, 0.15) is 0 Å². The molecule has 2 rings (SSSR count). The fourth-order valence-corrected chi connectivity index (χ4v) is 2.76. The van der Waals surface area contributed by atoms with Crippen LogP contribution in [0.3, 0.4) is 0 Å². The number of rotatable bonds is 4. The number of nitrogens with two attached hydrogens (primary N) is 1. The minimum atomic E-state index is 0.384. The molecule has 1 saturated heterocycles. The van der Waals surface area contributed by atoms with E-state index >= 15 is 0 Å². The van der Waals surface area contributed by atoms with Gasteiger partial charge in [-0.3, -0.25) is 0 Å². The summed E-state index contributed by atoms with van der Waals surface area (Å²) in [5, 5.41) is 0. The first kappa shape index (κ1) is 12.4. The molecule has 2 N–H and O–H groups in total. The molecule has 0 saturated carbocycles. The molecule has 2 nitrogen and oxygen atoms in total. The normalized spacial score (nSPS) is 21.8. The van der Waals surface area contributed by atoms with Crippen LogP contribution in [0.2, 0.25) is 0 Å². The van der Waals surface area contributed by atoms with E-state index in [0.717, 1.165) is 19.5 Å². The first-order chi connectivity index (χ1) is 8.20. The fraction of sp³-hybridized carbons (Fsp3) is 0.600. The summed E-state index contributed by atoms with van der Waals surface area (Å²) in [4.78, 5) is 2.48. The standard InChI is InChI=1S/C15H24N2/c1-3-5-15(16)13-8-9-17(11-13)14-7-4-6-12(2)10-14/h4,6-7,10,13,15H,3,5,8-9,11,16H2,1-2H3. The van der Waals surface area contributed by atoms with Crippen LogP contribution in [0.25, 0.3) is 0 Å². The highest BCUT2D eigenvalue weighted by Gasteiger charge is 2.26. The largest absolute Gasteiger partial charge is 0.371 e. The summed E-state index contributed by atoms with van der Waals surface area (Å²) in [5.74, 6) is 0.676. The van der Waals surface area contributed by atoms with Crippen molar-refractivity contribution in [1.29, 1.82) is 0 Å². The van der Waals surface area contributed by atoms with Crippen molar-refractivity contribution in [3.63, 3.8) is 0 Å². The van der Waals surface area contributed by atoms with Crippen molar-refractivity contribution in [3.8, 4) is 0 Å². The van der Waals surface area contributed by atoms with Crippen molar-refractivity contribution in [2.75, 3.05) is 18.0 Å². The van der Waals surface area contributed by atoms with Gasteiger partial charge in [0.25, 0.3) is 0 Å². The van der Waals surface area contributed by atoms with Gasteiger partial charge in [-0.2, -0.15) is 0 Å². The summed E-state index contributed by atoms with van der Waals surface area (Å²) >= 11 is 0. The second-order valence-corrected chi connectivity index (χ2v) is 5.29. The smallest absolute Gasteiger partial charge is 0.0368 e. The first-order valence-electron chi connectivity index (χ1n) is 6.78. The Bertz CT molecular complexity index is 362. The van der Waals surface area contributed by atoms with E-state index in [-0.39, 0.29) is 0 Å². The van der Waals surface area contributed by atoms with E-state index in [1.165, 1.54) is 24.1 Å². The number of nitrogens with zero attached hydrogens (tertiary/aromatic N) is 1. The van der Waals surface area contributed by atoms with Crippen molar-refractivity contribution in [3.05, 3.63) is 29.8 Å². The van der Waals surface area contributed by atoms with Gasteiger partial charge in [0.15, 0.2) is 0 Å². The summed E-state index contributed by atoms with van der Waals surface area (Å²) in [6.07, 6.45) is 3.60. The maximum absolute atomic E-state index is 6.23. The van der Waals surface area contributed by atoms with Crippen molar-refractivity contribution in [2.24, 2.45) is 11.7 Å². The Morgan fingerprint density at radius 3 is 3.00 bits per heavy atom. The van der Waals surface area contributed by atoms with Crippen LogP contribution in [0.1, 0.15) is 31.7 Å². The van der Waals surface area contributed by atoms with E-state index in [9.17, 15) is 0 Å². The molecule has 1 aromatic carbocycles. The Labute approximate surface area is 105 Å². The van der Waals surface area contributed by atoms with E-state index in [1.807, 2.05) is 0 Å². The van der Waals surface area contributed by atoms with Gasteiger partial charge in [0.2, 0.25) is 0 Å². The Morgan fingerprint density at radius 1 is 1.47 bits per heavy atom. The predicted molar refractivity (Wildman–Crippen MR) is 74.4 cm³/mol. The average molecular weight is 232 g/mol. The highest BCUT2D eigenvalue weighted by molar-refractivity contribution is 5.49. The monoisotopic (exact) mass is 232 g/mol. The number of anilines is 1. The molecule has 17 heavy (non-hydrogen) atoms. The maximum Gasteiger partial charge on any atom is 0.0368 e. The van der Waals surface area contributed by atoms with Gasteiger partial charge in [-0.15, -0.1) is 0 Å². The van der Waals surface area contributed by atoms with Gasteiger partial charge in [-0.1, -0.05) is 25.5 Å². The van der Waals surface area contributed by atoms with Crippen LogP contribution in [0.4, 0.5) is 5.69 Å². The molecule has 1 aromatic rings. The predicted octanol–water partition coefficient (Wildman–Crippen LogP) is 2.95. The molecule has 1 heterocycles. The van der Waals surface area contributed by atoms with E-state index in [0.29, 0.717) is 12.0 Å². The third-order valence-corrected chi connectivity index (χ3v) is 3.82. The summed E-state index contributed by atoms with van der Waals surface area (Å²) in [6, 6.07) is 9.16. The molecule has 1 fully saturated rings. The van der Waals surface area contributed by atoms with Crippen LogP contribution in [0.5, 0.6) is 0 Å². The van der Waals surface area contributed by atoms with Gasteiger partial charge >= 0.3 is 0 Å². The molecular formula is C15H24N2. The quantitative estimate of drug-likeness (QED) is 0.865. The van der Waals surface area contributed by atoms with Crippen LogP contribution < -0.4 is 10.6 Å². The SMILES string of the molecule is CCCC(N)C1CCN(c2cccc(C)c2)C1. The van der Waals surface area contributed by atoms with Gasteiger partial charge in [0, 0.05) is 24.8 Å². The first-order valence-corrected chi connectivity index (χ1v) is 6.78. The zero-order valence-electron chi connectivity index (χ0n) is 11.0. The average Bonchev–Trinajstić information content (AvgIpc) is 2.78. The third kappa shape index (κ3) is 3.01. The molecule has 94 valence electrons. The molecule has 0 aliphatic carbocycles. The van der Waals surface area contributed by atoms with Crippen LogP contribution in [-0.4, -0.2) is 19.1 Å². The van der Waals surface area contributed by atoms with E-state index < -0.39 is 0 Å². The summed E-state index contributed by atoms with van der Waals surface area (Å²) in [5.41, 5.74) is 8.93. The Morgan fingerprint density at radius 2 is 2.29 bits per heavy atom. The Hall–Kier alpha value is -1.02. The molecule has 0 amide bonds. The minimum absolute atomic E-state index is 0.384. The molecule has 0 aromatic heterocycles. The maximum atomic E-state index is 6.23. The molecule has 0 radical (unpaired) electrons. The molecule has 2 heteroatoms. The van der Waals surface area contributed by atoms with Crippen molar-refractivity contribution in [1.82, 2.24) is 0 Å². The molecule has 0 bridgehead atoms. The number of hydrogen-bond acceptors (Lipinski definition) is 2. The van der Waals surface area contributed by atoms with Crippen molar-refractivity contribution in [2.45, 2.75) is 39.2 Å². The fourth-order valence-electron chi connectivity index (χ4n) is 2.76. The highest BCUT2D eigenvalue weighted by Crippen LogP contribution is 2.26. The molecule has 0 spiro atoms. The minimum Gasteiger partial charge on any atom is -0.371 e. The molecule has 2 atom stereocenters. The van der Waals surface area contributed by atoms with Gasteiger partial charge in [0.05, 0.1) is 0 Å². The zero-order valence-corrected chi connectivity index (χ0v) is 11.0. The zero-order chi connectivity index (χ0) is 12.3. The summed E-state index contributed by atoms with van der Waals surface area (Å²) in [6.45, 7) is 6.66. The lowest BCUT2D eigenvalue weighted by Crippen LogP contribution is -2.32. The summed E-state index contributed by atoms with van der Waals surface area (Å²) in [7, 11) is 0. The van der Waals surface area contributed by atoms with Crippen molar-refractivity contribution >= 4 is 5.69 Å². The highest BCUT2D eigenvalue weighted by atomic mass is 15.2. The van der Waals surface area contributed by atoms with E-state index in [4.69, 9.17) is 5.73 Å². The number of benzene rings is 1. The lowest BCUT2D eigenvalue weighted by molar-refractivity contribution is 0.430. The Kier molecular flexibility index (Phi) is 4.06. The third-order valence-electron chi connectivity index (χ3n) is 3.82. The van der Waals surface area contributed by atoms with Crippen LogP contribution in [0.15, 0.2) is 24.3 Å². The Balaban J connectivity index is 1.98. The number of aryl methyl sites for hydroxylation is 1. The van der Waals surface area contributed by atoms with Gasteiger partial charge < -0.3 is 10.6 Å². The van der Waals surface area contributed by atoms with Crippen molar-refractivity contribution < 1.29 is 0 Å².